The lowest BCUT2D eigenvalue weighted by atomic mass is 9.87. The maximum absolute atomic E-state index is 13.0. The molecule has 0 aliphatic carbocycles. The molecule has 2 aromatic carbocycles. The van der Waals surface area contributed by atoms with E-state index in [0.717, 1.165) is 17.0 Å². The Morgan fingerprint density at radius 3 is 2.36 bits per heavy atom. The van der Waals surface area contributed by atoms with E-state index in [4.69, 9.17) is 0 Å². The Bertz CT molecular complexity index is 906. The van der Waals surface area contributed by atoms with E-state index in [1.54, 1.807) is 30.3 Å². The van der Waals surface area contributed by atoms with E-state index in [0.29, 0.717) is 12.0 Å². The molecule has 0 spiro atoms. The fourth-order valence-electron chi connectivity index (χ4n) is 3.22. The van der Waals surface area contributed by atoms with Gasteiger partial charge in [0.2, 0.25) is 0 Å². The maximum atomic E-state index is 13.0. The quantitative estimate of drug-likeness (QED) is 0.600. The summed E-state index contributed by atoms with van der Waals surface area (Å²) in [6, 6.07) is 16.2. The number of nitrogens with zero attached hydrogens (tertiary/aromatic N) is 1. The molecule has 3 rings (SSSR count). The van der Waals surface area contributed by atoms with Gasteiger partial charge in [-0.2, -0.15) is 5.01 Å². The van der Waals surface area contributed by atoms with Gasteiger partial charge in [0.1, 0.15) is 5.54 Å². The molecular formula is C22H23N3O3. The minimum absolute atomic E-state index is 0.369. The van der Waals surface area contributed by atoms with Crippen LogP contribution in [0.1, 0.15) is 37.0 Å². The number of rotatable bonds is 6. The molecule has 6 nitrogen and oxygen atoms in total. The molecule has 0 bridgehead atoms. The molecule has 1 heterocycles. The van der Waals surface area contributed by atoms with Gasteiger partial charge in [-0.3, -0.25) is 15.0 Å². The van der Waals surface area contributed by atoms with E-state index in [-0.39, 0.29) is 0 Å². The summed E-state index contributed by atoms with van der Waals surface area (Å²) in [5, 5.41) is 3.48. The fraction of sp³-hybridized carbons (Fsp3) is 0.227. The number of amides is 4. The van der Waals surface area contributed by atoms with Gasteiger partial charge in [0, 0.05) is 6.08 Å². The van der Waals surface area contributed by atoms with Crippen molar-refractivity contribution in [2.24, 2.45) is 0 Å². The van der Waals surface area contributed by atoms with Gasteiger partial charge in [0.05, 0.1) is 0 Å². The van der Waals surface area contributed by atoms with Crippen molar-refractivity contribution in [3.8, 4) is 0 Å². The average Bonchev–Trinajstić information content (AvgIpc) is 2.98. The normalized spacial score (nSPS) is 19.1. The van der Waals surface area contributed by atoms with Crippen LogP contribution in [0.5, 0.6) is 0 Å². The van der Waals surface area contributed by atoms with Crippen molar-refractivity contribution in [2.75, 3.05) is 0 Å². The first kappa shape index (κ1) is 19.4. The minimum atomic E-state index is -1.18. The average molecular weight is 377 g/mol. The summed E-state index contributed by atoms with van der Waals surface area (Å²) in [7, 11) is 0. The van der Waals surface area contributed by atoms with Gasteiger partial charge in [-0.25, -0.2) is 4.79 Å². The number of urea groups is 1. The Morgan fingerprint density at radius 1 is 1.07 bits per heavy atom. The van der Waals surface area contributed by atoms with Crippen LogP contribution in [0.25, 0.3) is 6.08 Å². The summed E-state index contributed by atoms with van der Waals surface area (Å²) < 4.78 is 0. The molecule has 0 radical (unpaired) electrons. The van der Waals surface area contributed by atoms with Crippen LogP contribution in [-0.4, -0.2) is 22.9 Å². The maximum Gasteiger partial charge on any atom is 0.344 e. The molecule has 1 aliphatic rings. The summed E-state index contributed by atoms with van der Waals surface area (Å²) in [6.07, 6.45) is 4.25. The van der Waals surface area contributed by atoms with E-state index < -0.39 is 23.4 Å². The highest BCUT2D eigenvalue weighted by Gasteiger charge is 2.52. The predicted molar refractivity (Wildman–Crippen MR) is 107 cm³/mol. The molecule has 6 heteroatoms. The Labute approximate surface area is 164 Å². The third kappa shape index (κ3) is 3.67. The molecule has 2 aromatic rings. The summed E-state index contributed by atoms with van der Waals surface area (Å²) >= 11 is 0. The van der Waals surface area contributed by atoms with Gasteiger partial charge in [0.25, 0.3) is 11.8 Å². The Kier molecular flexibility index (Phi) is 5.59. The van der Waals surface area contributed by atoms with Crippen molar-refractivity contribution in [2.45, 2.75) is 32.2 Å². The highest BCUT2D eigenvalue weighted by Crippen LogP contribution is 2.31. The lowest BCUT2D eigenvalue weighted by Crippen LogP contribution is -2.48. The number of aryl methyl sites for hydroxylation is 1. The second kappa shape index (κ2) is 8.08. The SMILES string of the molecule is CCc1ccc(/C=C/C(=O)NN2C(=O)N[C@](CC)(c3ccccc3)C2=O)cc1. The molecule has 1 aliphatic heterocycles. The van der Waals surface area contributed by atoms with Crippen LogP contribution in [-0.2, 0) is 21.5 Å². The number of imide groups is 1. The molecule has 0 aromatic heterocycles. The van der Waals surface area contributed by atoms with Gasteiger partial charge < -0.3 is 5.32 Å². The molecule has 2 N–H and O–H groups in total. The lowest BCUT2D eigenvalue weighted by Gasteiger charge is -2.25. The largest absolute Gasteiger partial charge is 0.344 e. The molecule has 0 unspecified atom stereocenters. The topological polar surface area (TPSA) is 78.5 Å². The van der Waals surface area contributed by atoms with E-state index in [9.17, 15) is 14.4 Å². The Morgan fingerprint density at radius 2 is 1.75 bits per heavy atom. The van der Waals surface area contributed by atoms with Crippen molar-refractivity contribution in [3.05, 3.63) is 77.4 Å². The van der Waals surface area contributed by atoms with Gasteiger partial charge in [-0.15, -0.1) is 0 Å². The molecular weight excluding hydrogens is 354 g/mol. The molecule has 1 saturated heterocycles. The number of hydrogen-bond acceptors (Lipinski definition) is 3. The van der Waals surface area contributed by atoms with E-state index in [1.165, 1.54) is 11.6 Å². The monoisotopic (exact) mass is 377 g/mol. The molecule has 0 saturated carbocycles. The van der Waals surface area contributed by atoms with Gasteiger partial charge in [0.15, 0.2) is 0 Å². The number of benzene rings is 2. The first-order valence-corrected chi connectivity index (χ1v) is 9.30. The summed E-state index contributed by atoms with van der Waals surface area (Å²) in [5.74, 6) is -1.05. The van der Waals surface area contributed by atoms with Gasteiger partial charge >= 0.3 is 6.03 Å². The van der Waals surface area contributed by atoms with Crippen LogP contribution in [0.3, 0.4) is 0 Å². The Balaban J connectivity index is 1.73. The number of carbonyl (C=O) groups excluding carboxylic acids is 3. The molecule has 4 amide bonds. The molecule has 28 heavy (non-hydrogen) atoms. The van der Waals surface area contributed by atoms with Crippen molar-refractivity contribution in [1.29, 1.82) is 0 Å². The second-order valence-electron chi connectivity index (χ2n) is 6.60. The Hall–Kier alpha value is -3.41. The lowest BCUT2D eigenvalue weighted by molar-refractivity contribution is -0.138. The van der Waals surface area contributed by atoms with E-state index >= 15 is 0 Å². The first-order chi connectivity index (χ1) is 13.5. The van der Waals surface area contributed by atoms with Gasteiger partial charge in [-0.05, 0) is 35.6 Å². The smallest absolute Gasteiger partial charge is 0.318 e. The minimum Gasteiger partial charge on any atom is -0.318 e. The van der Waals surface area contributed by atoms with Crippen molar-refractivity contribution < 1.29 is 14.4 Å². The van der Waals surface area contributed by atoms with Crippen LogP contribution >= 0.6 is 0 Å². The second-order valence-corrected chi connectivity index (χ2v) is 6.60. The zero-order chi connectivity index (χ0) is 20.1. The van der Waals surface area contributed by atoms with Crippen LogP contribution in [0.4, 0.5) is 4.79 Å². The summed E-state index contributed by atoms with van der Waals surface area (Å²) in [5.41, 5.74) is 3.94. The van der Waals surface area contributed by atoms with Crippen LogP contribution in [0.2, 0.25) is 0 Å². The van der Waals surface area contributed by atoms with E-state index in [2.05, 4.69) is 17.7 Å². The highest BCUT2D eigenvalue weighted by molar-refractivity contribution is 6.09. The van der Waals surface area contributed by atoms with Crippen molar-refractivity contribution in [3.63, 3.8) is 0 Å². The fourth-order valence-corrected chi connectivity index (χ4v) is 3.22. The zero-order valence-corrected chi connectivity index (χ0v) is 15.9. The molecule has 144 valence electrons. The highest BCUT2D eigenvalue weighted by atomic mass is 16.2. The first-order valence-electron chi connectivity index (χ1n) is 9.30. The van der Waals surface area contributed by atoms with E-state index in [1.807, 2.05) is 37.3 Å². The number of nitrogens with one attached hydrogen (secondary N) is 2. The number of hydrazine groups is 1. The third-order valence-electron chi connectivity index (χ3n) is 4.93. The summed E-state index contributed by atoms with van der Waals surface area (Å²) in [6.45, 7) is 3.89. The number of carbonyl (C=O) groups is 3. The van der Waals surface area contributed by atoms with Crippen LogP contribution < -0.4 is 10.7 Å². The molecule has 1 atom stereocenters. The predicted octanol–water partition coefficient (Wildman–Crippen LogP) is 3.15. The van der Waals surface area contributed by atoms with Crippen LogP contribution in [0.15, 0.2) is 60.7 Å². The standard InChI is InChI=1S/C22H23N3O3/c1-3-16-10-12-17(13-11-16)14-15-19(26)24-25-20(27)22(4-2,23-21(25)28)18-8-6-5-7-9-18/h5-15H,3-4H2,1-2H3,(H,23,28)(H,24,26)/b15-14+/t22-/m1/s1. The van der Waals surface area contributed by atoms with Crippen LogP contribution in [0, 0.1) is 0 Å². The molecule has 1 fully saturated rings. The van der Waals surface area contributed by atoms with Crippen molar-refractivity contribution >= 4 is 23.9 Å². The number of hydrogen-bond donors (Lipinski definition) is 2. The summed E-state index contributed by atoms with van der Waals surface area (Å²) in [4.78, 5) is 37.6. The third-order valence-corrected chi connectivity index (χ3v) is 4.93. The zero-order valence-electron chi connectivity index (χ0n) is 15.9. The van der Waals surface area contributed by atoms with Crippen molar-refractivity contribution in [1.82, 2.24) is 15.8 Å². The van der Waals surface area contributed by atoms with Gasteiger partial charge in [-0.1, -0.05) is 68.4 Å².